The van der Waals surface area contributed by atoms with Gasteiger partial charge in [-0.15, -0.1) is 0 Å². The smallest absolute Gasteiger partial charge is 0.244 e. The van der Waals surface area contributed by atoms with Gasteiger partial charge in [-0.25, -0.2) is 0 Å². The topological polar surface area (TPSA) is 51.2 Å². The zero-order valence-corrected chi connectivity index (χ0v) is 16.8. The number of benzene rings is 2. The van der Waals surface area contributed by atoms with Gasteiger partial charge in [0, 0.05) is 18.5 Å². The van der Waals surface area contributed by atoms with Crippen molar-refractivity contribution in [3.63, 3.8) is 0 Å². The quantitative estimate of drug-likeness (QED) is 0.542. The lowest BCUT2D eigenvalue weighted by atomic mass is 9.96. The van der Waals surface area contributed by atoms with Gasteiger partial charge in [-0.05, 0) is 52.9 Å². The summed E-state index contributed by atoms with van der Waals surface area (Å²) in [5.41, 5.74) is 3.12. The van der Waals surface area contributed by atoms with E-state index in [2.05, 4.69) is 24.1 Å². The molecular weight excluding hydrogens is 360 g/mol. The lowest BCUT2D eigenvalue weighted by molar-refractivity contribution is -0.117. The summed E-state index contributed by atoms with van der Waals surface area (Å²) in [6, 6.07) is 21.6. The molecular formula is C25H26N2O2. The molecule has 3 rings (SSSR count). The molecule has 1 atom stereocenters. The van der Waals surface area contributed by atoms with Crippen molar-refractivity contribution < 1.29 is 9.53 Å². The van der Waals surface area contributed by atoms with Crippen LogP contribution in [0.4, 0.5) is 0 Å². The first-order chi connectivity index (χ1) is 14.1. The highest BCUT2D eigenvalue weighted by Crippen LogP contribution is 2.21. The maximum Gasteiger partial charge on any atom is 0.244 e. The Morgan fingerprint density at radius 2 is 1.69 bits per heavy atom. The molecule has 4 heteroatoms. The van der Waals surface area contributed by atoms with Crippen LogP contribution in [-0.2, 0) is 11.4 Å². The summed E-state index contributed by atoms with van der Waals surface area (Å²) in [5.74, 6) is 0.976. The highest BCUT2D eigenvalue weighted by atomic mass is 16.5. The van der Waals surface area contributed by atoms with E-state index in [1.165, 1.54) is 0 Å². The number of amides is 1. The molecule has 0 aliphatic carbocycles. The number of rotatable bonds is 8. The van der Waals surface area contributed by atoms with Gasteiger partial charge in [-0.3, -0.25) is 9.78 Å². The van der Waals surface area contributed by atoms with E-state index in [1.807, 2.05) is 72.8 Å². The van der Waals surface area contributed by atoms with Crippen molar-refractivity contribution in [2.75, 3.05) is 0 Å². The summed E-state index contributed by atoms with van der Waals surface area (Å²) in [7, 11) is 0. The Kier molecular flexibility index (Phi) is 7.17. The Bertz CT molecular complexity index is 920. The van der Waals surface area contributed by atoms with Gasteiger partial charge >= 0.3 is 0 Å². The second-order valence-electron chi connectivity index (χ2n) is 7.19. The third kappa shape index (κ3) is 6.32. The maximum absolute atomic E-state index is 12.4. The lowest BCUT2D eigenvalue weighted by Gasteiger charge is -2.22. The minimum Gasteiger partial charge on any atom is -0.489 e. The summed E-state index contributed by atoms with van der Waals surface area (Å²) < 4.78 is 5.77. The highest BCUT2D eigenvalue weighted by Gasteiger charge is 2.16. The van der Waals surface area contributed by atoms with Crippen LogP contribution in [0.5, 0.6) is 5.75 Å². The average molecular weight is 386 g/mol. The van der Waals surface area contributed by atoms with Crippen LogP contribution in [-0.4, -0.2) is 10.9 Å². The Morgan fingerprint density at radius 1 is 1.00 bits per heavy atom. The SMILES string of the molecule is CC(C)C(NC(=O)/C=C/c1ccc(OCc2ccncc2)cc1)c1ccccc1. The van der Waals surface area contributed by atoms with Crippen molar-refractivity contribution >= 4 is 12.0 Å². The molecule has 0 saturated carbocycles. The average Bonchev–Trinajstić information content (AvgIpc) is 2.76. The largest absolute Gasteiger partial charge is 0.489 e. The van der Waals surface area contributed by atoms with Crippen LogP contribution in [0.25, 0.3) is 6.08 Å². The van der Waals surface area contributed by atoms with E-state index in [9.17, 15) is 4.79 Å². The van der Waals surface area contributed by atoms with Crippen LogP contribution in [0.15, 0.2) is 85.2 Å². The molecule has 1 unspecified atom stereocenters. The van der Waals surface area contributed by atoms with Gasteiger partial charge in [0.15, 0.2) is 0 Å². The second kappa shape index (κ2) is 10.2. The molecule has 0 radical (unpaired) electrons. The van der Waals surface area contributed by atoms with E-state index in [1.54, 1.807) is 18.5 Å². The van der Waals surface area contributed by atoms with Crippen molar-refractivity contribution in [2.24, 2.45) is 5.92 Å². The molecule has 0 aliphatic rings. The monoisotopic (exact) mass is 386 g/mol. The normalized spacial score (nSPS) is 12.1. The molecule has 2 aromatic carbocycles. The second-order valence-corrected chi connectivity index (χ2v) is 7.19. The predicted octanol–water partition coefficient (Wildman–Crippen LogP) is 5.19. The van der Waals surface area contributed by atoms with Gasteiger partial charge in [0.05, 0.1) is 6.04 Å². The van der Waals surface area contributed by atoms with E-state index in [0.29, 0.717) is 12.5 Å². The van der Waals surface area contributed by atoms with Crippen LogP contribution in [0, 0.1) is 5.92 Å². The van der Waals surface area contributed by atoms with Crippen LogP contribution in [0.3, 0.4) is 0 Å². The minimum atomic E-state index is -0.106. The van der Waals surface area contributed by atoms with Gasteiger partial charge in [-0.2, -0.15) is 0 Å². The Hall–Kier alpha value is -3.40. The molecule has 29 heavy (non-hydrogen) atoms. The van der Waals surface area contributed by atoms with Crippen molar-refractivity contribution in [1.82, 2.24) is 10.3 Å². The molecule has 1 aromatic heterocycles. The summed E-state index contributed by atoms with van der Waals surface area (Å²) in [6.45, 7) is 4.70. The van der Waals surface area contributed by atoms with Crippen molar-refractivity contribution in [3.8, 4) is 5.75 Å². The zero-order chi connectivity index (χ0) is 20.5. The number of ether oxygens (including phenoxy) is 1. The molecule has 1 N–H and O–H groups in total. The van der Waals surface area contributed by atoms with Crippen LogP contribution < -0.4 is 10.1 Å². The van der Waals surface area contributed by atoms with E-state index in [4.69, 9.17) is 4.74 Å². The number of nitrogens with zero attached hydrogens (tertiary/aromatic N) is 1. The molecule has 4 nitrogen and oxygen atoms in total. The number of hydrogen-bond acceptors (Lipinski definition) is 3. The fourth-order valence-corrected chi connectivity index (χ4v) is 2.99. The number of carbonyl (C=O) groups is 1. The molecule has 0 saturated heterocycles. The Balaban J connectivity index is 1.55. The van der Waals surface area contributed by atoms with Crippen molar-refractivity contribution in [3.05, 3.63) is 102 Å². The standard InChI is InChI=1S/C25H26N2O2/c1-19(2)25(22-6-4-3-5-7-22)27-24(28)13-10-20-8-11-23(12-9-20)29-18-21-14-16-26-17-15-21/h3-17,19,25H,18H2,1-2H3,(H,27,28)/b13-10+. The number of pyridine rings is 1. The first-order valence-electron chi connectivity index (χ1n) is 9.77. The van der Waals surface area contributed by atoms with E-state index in [-0.39, 0.29) is 11.9 Å². The fraction of sp³-hybridized carbons (Fsp3) is 0.200. The summed E-state index contributed by atoms with van der Waals surface area (Å²) in [4.78, 5) is 16.4. The lowest BCUT2D eigenvalue weighted by Crippen LogP contribution is -2.30. The predicted molar refractivity (Wildman–Crippen MR) is 116 cm³/mol. The maximum atomic E-state index is 12.4. The van der Waals surface area contributed by atoms with Crippen LogP contribution >= 0.6 is 0 Å². The van der Waals surface area contributed by atoms with Gasteiger partial charge in [0.1, 0.15) is 12.4 Å². The van der Waals surface area contributed by atoms with Crippen molar-refractivity contribution in [1.29, 1.82) is 0 Å². The fourth-order valence-electron chi connectivity index (χ4n) is 2.99. The van der Waals surface area contributed by atoms with Gasteiger partial charge < -0.3 is 10.1 Å². The van der Waals surface area contributed by atoms with Gasteiger partial charge in [0.25, 0.3) is 0 Å². The number of carbonyl (C=O) groups excluding carboxylic acids is 1. The van der Waals surface area contributed by atoms with E-state index < -0.39 is 0 Å². The van der Waals surface area contributed by atoms with Crippen LogP contribution in [0.1, 0.15) is 36.6 Å². The van der Waals surface area contributed by atoms with Crippen LogP contribution in [0.2, 0.25) is 0 Å². The van der Waals surface area contributed by atoms with Gasteiger partial charge in [0.2, 0.25) is 5.91 Å². The molecule has 3 aromatic rings. The van der Waals surface area contributed by atoms with Gasteiger partial charge in [-0.1, -0.05) is 56.3 Å². The van der Waals surface area contributed by atoms with E-state index in [0.717, 1.165) is 22.4 Å². The molecule has 0 bridgehead atoms. The molecule has 0 aliphatic heterocycles. The first-order valence-corrected chi connectivity index (χ1v) is 9.77. The summed E-state index contributed by atoms with van der Waals surface area (Å²) in [5, 5.41) is 3.10. The minimum absolute atomic E-state index is 0.0164. The molecule has 1 amide bonds. The highest BCUT2D eigenvalue weighted by molar-refractivity contribution is 5.92. The Labute approximate surface area is 172 Å². The third-order valence-electron chi connectivity index (χ3n) is 4.59. The molecule has 0 spiro atoms. The molecule has 148 valence electrons. The van der Waals surface area contributed by atoms with E-state index >= 15 is 0 Å². The first kappa shape index (κ1) is 20.3. The number of nitrogens with one attached hydrogen (secondary N) is 1. The summed E-state index contributed by atoms with van der Waals surface area (Å²) in [6.07, 6.45) is 6.88. The zero-order valence-electron chi connectivity index (χ0n) is 16.8. The van der Waals surface area contributed by atoms with Crippen molar-refractivity contribution in [2.45, 2.75) is 26.5 Å². The molecule has 1 heterocycles. The third-order valence-corrected chi connectivity index (χ3v) is 4.59. The molecule has 0 fully saturated rings. The number of hydrogen-bond donors (Lipinski definition) is 1. The Morgan fingerprint density at radius 3 is 2.34 bits per heavy atom. The summed E-state index contributed by atoms with van der Waals surface area (Å²) >= 11 is 0. The number of aromatic nitrogens is 1.